The molecule has 2 nitrogen and oxygen atoms in total. The third-order valence-electron chi connectivity index (χ3n) is 3.14. The molecule has 0 aliphatic heterocycles. The van der Waals surface area contributed by atoms with Crippen LogP contribution in [0, 0.1) is 0 Å². The SMILES string of the molecule is CC(C)n1c(-c2ccccc2)nc2ccccc21.[B]. The number of rotatable bonds is 2. The molecule has 0 amide bonds. The third-order valence-corrected chi connectivity index (χ3v) is 3.14. The molecule has 3 radical (unpaired) electrons. The van der Waals surface area contributed by atoms with Gasteiger partial charge >= 0.3 is 0 Å². The highest BCUT2D eigenvalue weighted by molar-refractivity contribution is 5.80. The van der Waals surface area contributed by atoms with Crippen molar-refractivity contribution >= 4 is 19.4 Å². The van der Waals surface area contributed by atoms with E-state index in [0.29, 0.717) is 6.04 Å². The Bertz CT molecular complexity index is 672. The monoisotopic (exact) mass is 247 g/mol. The molecule has 0 unspecified atom stereocenters. The number of para-hydroxylation sites is 2. The van der Waals surface area contributed by atoms with Gasteiger partial charge in [-0.05, 0) is 26.0 Å². The van der Waals surface area contributed by atoms with Crippen LogP contribution in [0.3, 0.4) is 0 Å². The Balaban J connectivity index is 0.00000133. The topological polar surface area (TPSA) is 17.8 Å². The highest BCUT2D eigenvalue weighted by Gasteiger charge is 2.13. The summed E-state index contributed by atoms with van der Waals surface area (Å²) in [5.41, 5.74) is 3.43. The first kappa shape index (κ1) is 13.4. The Morgan fingerprint density at radius 1 is 0.895 bits per heavy atom. The van der Waals surface area contributed by atoms with Gasteiger partial charge in [-0.2, -0.15) is 0 Å². The van der Waals surface area contributed by atoms with Crippen LogP contribution >= 0.6 is 0 Å². The third kappa shape index (κ3) is 2.28. The first-order valence-corrected chi connectivity index (χ1v) is 6.30. The van der Waals surface area contributed by atoms with E-state index in [1.807, 2.05) is 12.1 Å². The first-order chi connectivity index (χ1) is 8.77. The molecule has 2 aromatic carbocycles. The molecule has 93 valence electrons. The minimum Gasteiger partial charge on any atom is -0.321 e. The summed E-state index contributed by atoms with van der Waals surface area (Å²) in [6, 6.07) is 19.1. The van der Waals surface area contributed by atoms with E-state index in [1.54, 1.807) is 0 Å². The molecule has 0 fully saturated rings. The summed E-state index contributed by atoms with van der Waals surface area (Å²) in [7, 11) is 0. The van der Waals surface area contributed by atoms with Crippen LogP contribution in [0.2, 0.25) is 0 Å². The summed E-state index contributed by atoms with van der Waals surface area (Å²) >= 11 is 0. The summed E-state index contributed by atoms with van der Waals surface area (Å²) in [5, 5.41) is 0. The Hall–Kier alpha value is -2.03. The predicted molar refractivity (Wildman–Crippen MR) is 81.3 cm³/mol. The van der Waals surface area contributed by atoms with Gasteiger partial charge in [-0.15, -0.1) is 0 Å². The quantitative estimate of drug-likeness (QED) is 0.628. The van der Waals surface area contributed by atoms with Crippen molar-refractivity contribution in [2.45, 2.75) is 19.9 Å². The zero-order chi connectivity index (χ0) is 12.5. The second-order valence-corrected chi connectivity index (χ2v) is 4.75. The number of hydrogen-bond donors (Lipinski definition) is 0. The summed E-state index contributed by atoms with van der Waals surface area (Å²) in [6.45, 7) is 4.39. The minimum atomic E-state index is 0. The highest BCUT2D eigenvalue weighted by Crippen LogP contribution is 2.27. The molecule has 1 heterocycles. The van der Waals surface area contributed by atoms with Gasteiger partial charge in [0.05, 0.1) is 11.0 Å². The van der Waals surface area contributed by atoms with Crippen molar-refractivity contribution in [3.8, 4) is 11.4 Å². The molecule has 1 aromatic heterocycles. The van der Waals surface area contributed by atoms with Crippen LogP contribution in [0.1, 0.15) is 19.9 Å². The van der Waals surface area contributed by atoms with Crippen LogP contribution < -0.4 is 0 Å². The molecule has 0 atom stereocenters. The van der Waals surface area contributed by atoms with E-state index < -0.39 is 0 Å². The number of imidazole rings is 1. The molecule has 3 heteroatoms. The highest BCUT2D eigenvalue weighted by atomic mass is 15.1. The lowest BCUT2D eigenvalue weighted by Gasteiger charge is -2.12. The fourth-order valence-corrected chi connectivity index (χ4v) is 2.36. The van der Waals surface area contributed by atoms with Crippen LogP contribution in [0.25, 0.3) is 22.4 Å². The number of benzene rings is 2. The van der Waals surface area contributed by atoms with Gasteiger partial charge in [0, 0.05) is 20.0 Å². The van der Waals surface area contributed by atoms with Crippen LogP contribution in [-0.2, 0) is 0 Å². The second-order valence-electron chi connectivity index (χ2n) is 4.75. The molecule has 19 heavy (non-hydrogen) atoms. The number of aromatic nitrogens is 2. The summed E-state index contributed by atoms with van der Waals surface area (Å²) in [5.74, 6) is 1.05. The van der Waals surface area contributed by atoms with Crippen molar-refractivity contribution in [1.29, 1.82) is 0 Å². The predicted octanol–water partition coefficient (Wildman–Crippen LogP) is 3.90. The smallest absolute Gasteiger partial charge is 0.141 e. The summed E-state index contributed by atoms with van der Waals surface area (Å²) in [4.78, 5) is 4.77. The number of hydrogen-bond acceptors (Lipinski definition) is 1. The molecule has 0 aliphatic carbocycles. The van der Waals surface area contributed by atoms with E-state index in [0.717, 1.165) is 11.3 Å². The molecular formula is C16H16BN2. The fourth-order valence-electron chi connectivity index (χ4n) is 2.36. The van der Waals surface area contributed by atoms with Crippen molar-refractivity contribution in [3.05, 3.63) is 54.6 Å². The summed E-state index contributed by atoms with van der Waals surface area (Å²) < 4.78 is 2.30. The van der Waals surface area contributed by atoms with Gasteiger partial charge in [-0.1, -0.05) is 42.5 Å². The van der Waals surface area contributed by atoms with E-state index in [-0.39, 0.29) is 8.41 Å². The van der Waals surface area contributed by atoms with Gasteiger partial charge in [0.15, 0.2) is 0 Å². The van der Waals surface area contributed by atoms with Crippen molar-refractivity contribution in [2.24, 2.45) is 0 Å². The van der Waals surface area contributed by atoms with E-state index in [9.17, 15) is 0 Å². The van der Waals surface area contributed by atoms with Gasteiger partial charge in [0.1, 0.15) is 5.82 Å². The maximum absolute atomic E-state index is 4.77. The first-order valence-electron chi connectivity index (χ1n) is 6.30. The van der Waals surface area contributed by atoms with Crippen LogP contribution in [0.5, 0.6) is 0 Å². The molecule has 0 saturated heterocycles. The number of fused-ring (bicyclic) bond motifs is 1. The zero-order valence-electron chi connectivity index (χ0n) is 11.2. The second kappa shape index (κ2) is 5.31. The molecule has 3 aromatic rings. The fraction of sp³-hybridized carbons (Fsp3) is 0.188. The minimum absolute atomic E-state index is 0. The van der Waals surface area contributed by atoms with Gasteiger partial charge in [-0.3, -0.25) is 0 Å². The maximum Gasteiger partial charge on any atom is 0.141 e. The van der Waals surface area contributed by atoms with Crippen molar-refractivity contribution in [1.82, 2.24) is 9.55 Å². The average Bonchev–Trinajstić information content (AvgIpc) is 2.79. The molecule has 0 saturated carbocycles. The molecular weight excluding hydrogens is 231 g/mol. The van der Waals surface area contributed by atoms with Crippen LogP contribution in [-0.4, -0.2) is 18.0 Å². The van der Waals surface area contributed by atoms with Gasteiger partial charge in [-0.25, -0.2) is 4.98 Å². The van der Waals surface area contributed by atoms with Crippen LogP contribution in [0.4, 0.5) is 0 Å². The van der Waals surface area contributed by atoms with Crippen molar-refractivity contribution in [2.75, 3.05) is 0 Å². The van der Waals surface area contributed by atoms with E-state index >= 15 is 0 Å². The van der Waals surface area contributed by atoms with Gasteiger partial charge < -0.3 is 4.57 Å². The largest absolute Gasteiger partial charge is 0.321 e. The van der Waals surface area contributed by atoms with Crippen LogP contribution in [0.15, 0.2) is 54.6 Å². The van der Waals surface area contributed by atoms with E-state index in [1.165, 1.54) is 11.1 Å². The molecule has 0 bridgehead atoms. The Morgan fingerprint density at radius 3 is 2.21 bits per heavy atom. The Labute approximate surface area is 115 Å². The average molecular weight is 247 g/mol. The number of nitrogens with zero attached hydrogens (tertiary/aromatic N) is 2. The normalized spacial score (nSPS) is 10.7. The lowest BCUT2D eigenvalue weighted by molar-refractivity contribution is 0.624. The van der Waals surface area contributed by atoms with Gasteiger partial charge in [0.2, 0.25) is 0 Å². The zero-order valence-corrected chi connectivity index (χ0v) is 11.2. The maximum atomic E-state index is 4.77. The molecule has 0 spiro atoms. The van der Waals surface area contributed by atoms with Gasteiger partial charge in [0.25, 0.3) is 0 Å². The van der Waals surface area contributed by atoms with Crippen molar-refractivity contribution in [3.63, 3.8) is 0 Å². The Morgan fingerprint density at radius 2 is 1.53 bits per heavy atom. The molecule has 0 N–H and O–H groups in total. The standard InChI is InChI=1S/C16H16N2.B/c1-12(2)18-15-11-7-6-10-14(15)17-16(18)13-8-4-3-5-9-13;/h3-12H,1-2H3;. The van der Waals surface area contributed by atoms with Crippen molar-refractivity contribution < 1.29 is 0 Å². The van der Waals surface area contributed by atoms with E-state index in [4.69, 9.17) is 4.98 Å². The molecule has 3 rings (SSSR count). The summed E-state index contributed by atoms with van der Waals surface area (Å²) in [6.07, 6.45) is 0. The Kier molecular flexibility index (Phi) is 3.75. The van der Waals surface area contributed by atoms with E-state index in [2.05, 4.69) is 60.9 Å². The lowest BCUT2D eigenvalue weighted by atomic mass is 10.2. The lowest BCUT2D eigenvalue weighted by Crippen LogP contribution is -2.02. The molecule has 0 aliphatic rings.